The Morgan fingerprint density at radius 3 is 2.70 bits per heavy atom. The third-order valence-electron chi connectivity index (χ3n) is 5.88. The number of nitrogens with one attached hydrogen (secondary N) is 2. The number of amides is 3. The van der Waals surface area contributed by atoms with E-state index in [1.54, 1.807) is 19.4 Å². The maximum Gasteiger partial charge on any atom is 0.244 e. The molecule has 0 aliphatic carbocycles. The first kappa shape index (κ1) is 19.4. The Kier molecular flexibility index (Phi) is 5.82. The Labute approximate surface area is 159 Å². The molecule has 27 heavy (non-hydrogen) atoms. The molecule has 2 aliphatic rings. The molecule has 3 heterocycles. The Morgan fingerprint density at radius 1 is 1.33 bits per heavy atom. The number of piperidine rings is 2. The zero-order chi connectivity index (χ0) is 19.4. The van der Waals surface area contributed by atoms with Crippen LogP contribution in [-0.4, -0.2) is 69.7 Å². The highest BCUT2D eigenvalue weighted by Gasteiger charge is 2.42. The van der Waals surface area contributed by atoms with E-state index < -0.39 is 6.04 Å². The summed E-state index contributed by atoms with van der Waals surface area (Å²) in [6.07, 6.45) is 7.52. The maximum absolute atomic E-state index is 12.5. The highest BCUT2D eigenvalue weighted by atomic mass is 16.2. The summed E-state index contributed by atoms with van der Waals surface area (Å²) in [5.74, 6) is 0.00370. The number of nitrogens with zero attached hydrogens (tertiary/aromatic N) is 3. The molecule has 0 radical (unpaired) electrons. The molecule has 148 valence electrons. The number of aromatic amines is 1. The van der Waals surface area contributed by atoms with Gasteiger partial charge in [-0.15, -0.1) is 0 Å². The first-order chi connectivity index (χ1) is 12.9. The van der Waals surface area contributed by atoms with Crippen LogP contribution in [0.25, 0.3) is 0 Å². The van der Waals surface area contributed by atoms with Crippen LogP contribution in [0.5, 0.6) is 0 Å². The van der Waals surface area contributed by atoms with Crippen LogP contribution in [0, 0.1) is 5.41 Å². The van der Waals surface area contributed by atoms with Gasteiger partial charge in [-0.2, -0.15) is 0 Å². The van der Waals surface area contributed by atoms with Crippen molar-refractivity contribution in [3.63, 3.8) is 0 Å². The molecule has 0 unspecified atom stereocenters. The summed E-state index contributed by atoms with van der Waals surface area (Å²) in [7, 11) is 0. The lowest BCUT2D eigenvalue weighted by Crippen LogP contribution is -2.55. The molecule has 0 saturated carbocycles. The van der Waals surface area contributed by atoms with Crippen LogP contribution in [0.1, 0.15) is 45.2 Å². The Hall–Kier alpha value is -2.38. The minimum absolute atomic E-state index is 0.0250. The van der Waals surface area contributed by atoms with Gasteiger partial charge in [-0.25, -0.2) is 4.98 Å². The Bertz CT molecular complexity index is 680. The van der Waals surface area contributed by atoms with E-state index in [9.17, 15) is 14.4 Å². The van der Waals surface area contributed by atoms with E-state index in [0.29, 0.717) is 26.1 Å². The zero-order valence-electron chi connectivity index (χ0n) is 16.2. The lowest BCUT2D eigenvalue weighted by molar-refractivity contribution is -0.143. The molecule has 2 saturated heterocycles. The fourth-order valence-electron chi connectivity index (χ4n) is 4.23. The summed E-state index contributed by atoms with van der Waals surface area (Å²) in [4.78, 5) is 46.9. The number of hydrogen-bond acceptors (Lipinski definition) is 4. The number of imidazole rings is 1. The largest absolute Gasteiger partial charge is 0.348 e. The summed E-state index contributed by atoms with van der Waals surface area (Å²) in [5, 5.41) is 2.66. The van der Waals surface area contributed by atoms with Gasteiger partial charge in [0.05, 0.1) is 6.33 Å². The molecule has 1 aromatic rings. The van der Waals surface area contributed by atoms with Crippen LogP contribution in [0.4, 0.5) is 0 Å². The van der Waals surface area contributed by atoms with E-state index in [2.05, 4.69) is 15.3 Å². The van der Waals surface area contributed by atoms with E-state index in [0.717, 1.165) is 37.9 Å². The Balaban J connectivity index is 1.54. The standard InChI is InChI=1S/C19H29N5O3/c1-14(22-15(2)25)18(27)23-9-6-19(7-10-23)5-3-17(26)24(12-19)8-4-16-11-20-13-21-16/h11,13-14H,3-10,12H2,1-2H3,(H,20,21)(H,22,25)/t14-/m1/s1. The number of aromatic nitrogens is 2. The summed E-state index contributed by atoms with van der Waals surface area (Å²) >= 11 is 0. The fraction of sp³-hybridized carbons (Fsp3) is 0.684. The molecule has 0 bridgehead atoms. The van der Waals surface area contributed by atoms with Crippen molar-refractivity contribution < 1.29 is 14.4 Å². The van der Waals surface area contributed by atoms with E-state index in [1.807, 2.05) is 9.80 Å². The smallest absolute Gasteiger partial charge is 0.244 e. The van der Waals surface area contributed by atoms with Gasteiger partial charge in [0.15, 0.2) is 0 Å². The molecule has 2 aliphatic heterocycles. The molecule has 3 amide bonds. The number of carbonyl (C=O) groups excluding carboxylic acids is 3. The topological polar surface area (TPSA) is 98.4 Å². The summed E-state index contributed by atoms with van der Waals surface area (Å²) in [5.41, 5.74) is 1.14. The molecular formula is C19H29N5O3. The predicted octanol–water partition coefficient (Wildman–Crippen LogP) is 0.708. The summed E-state index contributed by atoms with van der Waals surface area (Å²) in [6, 6.07) is -0.490. The van der Waals surface area contributed by atoms with Gasteiger partial charge in [0.25, 0.3) is 0 Å². The van der Waals surface area contributed by atoms with Crippen LogP contribution < -0.4 is 5.32 Å². The zero-order valence-corrected chi connectivity index (χ0v) is 16.2. The first-order valence-electron chi connectivity index (χ1n) is 9.69. The minimum Gasteiger partial charge on any atom is -0.348 e. The normalized spacial score (nSPS) is 20.6. The van der Waals surface area contributed by atoms with E-state index in [1.165, 1.54) is 6.92 Å². The van der Waals surface area contributed by atoms with Gasteiger partial charge < -0.3 is 20.1 Å². The van der Waals surface area contributed by atoms with E-state index >= 15 is 0 Å². The van der Waals surface area contributed by atoms with Gasteiger partial charge in [0.1, 0.15) is 6.04 Å². The number of rotatable bonds is 5. The van der Waals surface area contributed by atoms with Crippen molar-refractivity contribution in [2.45, 2.75) is 52.0 Å². The Morgan fingerprint density at radius 2 is 2.07 bits per heavy atom. The third kappa shape index (κ3) is 4.67. The van der Waals surface area contributed by atoms with Crippen LogP contribution in [0.2, 0.25) is 0 Å². The lowest BCUT2D eigenvalue weighted by Gasteiger charge is -2.47. The number of carbonyl (C=O) groups is 3. The van der Waals surface area contributed by atoms with Crippen molar-refractivity contribution in [3.05, 3.63) is 18.2 Å². The molecule has 8 nitrogen and oxygen atoms in total. The average Bonchev–Trinajstić information content (AvgIpc) is 3.16. The van der Waals surface area contributed by atoms with Crippen molar-refractivity contribution in [2.75, 3.05) is 26.2 Å². The van der Waals surface area contributed by atoms with Crippen molar-refractivity contribution in [1.82, 2.24) is 25.1 Å². The molecule has 1 spiro atoms. The second-order valence-corrected chi connectivity index (χ2v) is 7.89. The van der Waals surface area contributed by atoms with Gasteiger partial charge in [-0.05, 0) is 31.6 Å². The monoisotopic (exact) mass is 375 g/mol. The van der Waals surface area contributed by atoms with Crippen LogP contribution in [-0.2, 0) is 20.8 Å². The molecular weight excluding hydrogens is 346 g/mol. The molecule has 8 heteroatoms. The lowest BCUT2D eigenvalue weighted by atomic mass is 9.72. The van der Waals surface area contributed by atoms with Crippen molar-refractivity contribution in [3.8, 4) is 0 Å². The fourth-order valence-corrected chi connectivity index (χ4v) is 4.23. The molecule has 2 fully saturated rings. The molecule has 3 rings (SSSR count). The number of H-pyrrole nitrogens is 1. The van der Waals surface area contributed by atoms with Crippen molar-refractivity contribution in [1.29, 1.82) is 0 Å². The maximum atomic E-state index is 12.5. The SMILES string of the molecule is CC(=O)N[C@H](C)C(=O)N1CCC2(CCC(=O)N(CCc3cnc[nH]3)C2)CC1. The van der Waals surface area contributed by atoms with Gasteiger partial charge >= 0.3 is 0 Å². The van der Waals surface area contributed by atoms with E-state index in [4.69, 9.17) is 0 Å². The van der Waals surface area contributed by atoms with Gasteiger partial charge in [0, 0.05) is 57.8 Å². The number of hydrogen-bond donors (Lipinski definition) is 2. The van der Waals surface area contributed by atoms with Crippen LogP contribution >= 0.6 is 0 Å². The minimum atomic E-state index is -0.490. The van der Waals surface area contributed by atoms with Crippen LogP contribution in [0.3, 0.4) is 0 Å². The summed E-state index contributed by atoms with van der Waals surface area (Å²) < 4.78 is 0. The van der Waals surface area contributed by atoms with Gasteiger partial charge in [-0.3, -0.25) is 14.4 Å². The first-order valence-corrected chi connectivity index (χ1v) is 9.69. The van der Waals surface area contributed by atoms with Gasteiger partial charge in [-0.1, -0.05) is 0 Å². The second kappa shape index (κ2) is 8.10. The highest BCUT2D eigenvalue weighted by molar-refractivity contribution is 5.86. The summed E-state index contributed by atoms with van der Waals surface area (Å²) in [6.45, 7) is 5.99. The number of likely N-dealkylation sites (tertiary alicyclic amines) is 2. The predicted molar refractivity (Wildman–Crippen MR) is 99.6 cm³/mol. The average molecular weight is 375 g/mol. The quantitative estimate of drug-likeness (QED) is 0.792. The van der Waals surface area contributed by atoms with Crippen molar-refractivity contribution in [2.24, 2.45) is 5.41 Å². The molecule has 1 aromatic heterocycles. The van der Waals surface area contributed by atoms with Crippen LogP contribution in [0.15, 0.2) is 12.5 Å². The molecule has 2 N–H and O–H groups in total. The molecule has 0 aromatic carbocycles. The third-order valence-corrected chi connectivity index (χ3v) is 5.88. The van der Waals surface area contributed by atoms with Crippen molar-refractivity contribution >= 4 is 17.7 Å². The second-order valence-electron chi connectivity index (χ2n) is 7.89. The van der Waals surface area contributed by atoms with Gasteiger partial charge in [0.2, 0.25) is 17.7 Å². The molecule has 1 atom stereocenters. The highest BCUT2D eigenvalue weighted by Crippen LogP contribution is 2.40. The van der Waals surface area contributed by atoms with E-state index in [-0.39, 0.29) is 23.1 Å².